The van der Waals surface area contributed by atoms with Crippen LogP contribution in [-0.2, 0) is 11.2 Å². The van der Waals surface area contributed by atoms with Crippen molar-refractivity contribution in [2.75, 3.05) is 5.32 Å². The van der Waals surface area contributed by atoms with Crippen LogP contribution in [0, 0.1) is 6.92 Å². The summed E-state index contributed by atoms with van der Waals surface area (Å²) in [7, 11) is 0. The summed E-state index contributed by atoms with van der Waals surface area (Å²) < 4.78 is 0. The highest BCUT2D eigenvalue weighted by Gasteiger charge is 2.12. The van der Waals surface area contributed by atoms with Gasteiger partial charge in [0, 0.05) is 15.6 Å². The van der Waals surface area contributed by atoms with Crippen LogP contribution in [0.2, 0.25) is 10.0 Å². The van der Waals surface area contributed by atoms with Gasteiger partial charge in [-0.25, -0.2) is 0 Å². The van der Waals surface area contributed by atoms with E-state index in [0.29, 0.717) is 26.6 Å². The number of rotatable bonds is 4. The zero-order valence-corrected chi connectivity index (χ0v) is 15.0. The Morgan fingerprint density at radius 2 is 1.83 bits per heavy atom. The second-order valence-electron chi connectivity index (χ2n) is 5.22. The van der Waals surface area contributed by atoms with Gasteiger partial charge in [-0.05, 0) is 36.2 Å². The Hall–Kier alpha value is -1.95. The molecule has 3 rings (SSSR count). The third-order valence-electron chi connectivity index (χ3n) is 3.39. The summed E-state index contributed by atoms with van der Waals surface area (Å²) in [4.78, 5) is 12.2. The lowest BCUT2D eigenvalue weighted by atomic mass is 10.1. The van der Waals surface area contributed by atoms with E-state index in [2.05, 4.69) is 15.5 Å². The summed E-state index contributed by atoms with van der Waals surface area (Å²) >= 11 is 13.3. The van der Waals surface area contributed by atoms with E-state index >= 15 is 0 Å². The maximum Gasteiger partial charge on any atom is 0.230 e. The lowest BCUT2D eigenvalue weighted by molar-refractivity contribution is -0.115. The van der Waals surface area contributed by atoms with Crippen LogP contribution in [0.15, 0.2) is 42.5 Å². The third kappa shape index (κ3) is 4.12. The van der Waals surface area contributed by atoms with Gasteiger partial charge in [-0.1, -0.05) is 58.8 Å². The van der Waals surface area contributed by atoms with Gasteiger partial charge in [0.2, 0.25) is 11.0 Å². The molecule has 0 aliphatic carbocycles. The molecule has 1 N–H and O–H groups in total. The predicted octanol–water partition coefficient (Wildman–Crippen LogP) is 5.00. The van der Waals surface area contributed by atoms with Crippen molar-refractivity contribution in [3.8, 4) is 10.6 Å². The monoisotopic (exact) mass is 377 g/mol. The first-order chi connectivity index (χ1) is 11.5. The predicted molar refractivity (Wildman–Crippen MR) is 98.9 cm³/mol. The molecule has 24 heavy (non-hydrogen) atoms. The minimum Gasteiger partial charge on any atom is -0.300 e. The number of hydrogen-bond acceptors (Lipinski definition) is 4. The fourth-order valence-corrected chi connectivity index (χ4v) is 3.49. The number of halogens is 2. The summed E-state index contributed by atoms with van der Waals surface area (Å²) in [5.74, 6) is -0.129. The highest BCUT2D eigenvalue weighted by Crippen LogP contribution is 2.30. The second-order valence-corrected chi connectivity index (χ2v) is 7.07. The summed E-state index contributed by atoms with van der Waals surface area (Å²) in [6.07, 6.45) is 0.296. The van der Waals surface area contributed by atoms with Gasteiger partial charge in [0.1, 0.15) is 5.01 Å². The van der Waals surface area contributed by atoms with Gasteiger partial charge in [-0.2, -0.15) is 0 Å². The fraction of sp³-hybridized carbons (Fsp3) is 0.118. The van der Waals surface area contributed by atoms with Crippen LogP contribution in [0.4, 0.5) is 5.13 Å². The molecule has 4 nitrogen and oxygen atoms in total. The molecular weight excluding hydrogens is 365 g/mol. The highest BCUT2D eigenvalue weighted by atomic mass is 35.5. The van der Waals surface area contributed by atoms with Crippen molar-refractivity contribution in [3.63, 3.8) is 0 Å². The largest absolute Gasteiger partial charge is 0.300 e. The van der Waals surface area contributed by atoms with E-state index in [9.17, 15) is 4.79 Å². The van der Waals surface area contributed by atoms with E-state index in [0.717, 1.165) is 16.7 Å². The van der Waals surface area contributed by atoms with E-state index in [1.807, 2.05) is 31.2 Å². The second kappa shape index (κ2) is 7.30. The number of benzene rings is 2. The van der Waals surface area contributed by atoms with Crippen molar-refractivity contribution < 1.29 is 4.79 Å². The maximum absolute atomic E-state index is 12.2. The quantitative estimate of drug-likeness (QED) is 0.695. The molecule has 0 spiro atoms. The molecular formula is C17H13Cl2N3OS. The molecule has 0 saturated heterocycles. The fourth-order valence-electron chi connectivity index (χ4n) is 2.21. The number of carbonyl (C=O) groups excluding carboxylic acids is 1. The van der Waals surface area contributed by atoms with E-state index in [1.165, 1.54) is 11.3 Å². The first kappa shape index (κ1) is 16.9. The van der Waals surface area contributed by atoms with Crippen LogP contribution in [0.25, 0.3) is 10.6 Å². The topological polar surface area (TPSA) is 54.9 Å². The first-order valence-electron chi connectivity index (χ1n) is 7.15. The molecule has 1 aromatic heterocycles. The zero-order valence-electron chi connectivity index (χ0n) is 12.7. The molecule has 1 amide bonds. The molecule has 7 heteroatoms. The van der Waals surface area contributed by atoms with Gasteiger partial charge in [-0.15, -0.1) is 10.2 Å². The number of nitrogens with one attached hydrogen (secondary N) is 1. The number of aryl methyl sites for hydroxylation is 1. The van der Waals surface area contributed by atoms with Crippen LogP contribution in [0.5, 0.6) is 0 Å². The molecule has 0 aliphatic heterocycles. The average molecular weight is 378 g/mol. The number of nitrogens with zero attached hydrogens (tertiary/aromatic N) is 2. The Balaban J connectivity index is 1.72. The van der Waals surface area contributed by atoms with E-state index in [-0.39, 0.29) is 5.91 Å². The van der Waals surface area contributed by atoms with Crippen molar-refractivity contribution in [2.24, 2.45) is 0 Å². The van der Waals surface area contributed by atoms with Crippen LogP contribution in [-0.4, -0.2) is 16.1 Å². The molecule has 0 atom stereocenters. The molecule has 3 aromatic rings. The zero-order chi connectivity index (χ0) is 17.1. The number of amides is 1. The molecule has 0 aliphatic rings. The Kier molecular flexibility index (Phi) is 5.14. The van der Waals surface area contributed by atoms with Gasteiger partial charge >= 0.3 is 0 Å². The molecule has 2 aromatic carbocycles. The maximum atomic E-state index is 12.2. The Morgan fingerprint density at radius 3 is 2.54 bits per heavy atom. The number of hydrogen-bond donors (Lipinski definition) is 1. The van der Waals surface area contributed by atoms with Gasteiger partial charge in [0.15, 0.2) is 0 Å². The molecule has 0 fully saturated rings. The lowest BCUT2D eigenvalue weighted by Gasteiger charge is -2.04. The molecule has 0 saturated carbocycles. The SMILES string of the molecule is Cc1ccccc1CC(=O)Nc1nnc(-c2cc(Cl)cc(Cl)c2)s1. The summed E-state index contributed by atoms with van der Waals surface area (Å²) in [5.41, 5.74) is 2.84. The van der Waals surface area contributed by atoms with E-state index in [4.69, 9.17) is 23.2 Å². The van der Waals surface area contributed by atoms with Crippen LogP contribution >= 0.6 is 34.5 Å². The Morgan fingerprint density at radius 1 is 1.12 bits per heavy atom. The van der Waals surface area contributed by atoms with Crippen molar-refractivity contribution in [2.45, 2.75) is 13.3 Å². The molecule has 1 heterocycles. The van der Waals surface area contributed by atoms with Gasteiger partial charge in [0.05, 0.1) is 6.42 Å². The highest BCUT2D eigenvalue weighted by molar-refractivity contribution is 7.18. The minimum atomic E-state index is -0.129. The third-order valence-corrected chi connectivity index (χ3v) is 4.72. The van der Waals surface area contributed by atoms with Crippen molar-refractivity contribution >= 4 is 45.6 Å². The standard InChI is InChI=1S/C17H13Cl2N3OS/c1-10-4-2-3-5-11(10)8-15(23)20-17-22-21-16(24-17)12-6-13(18)9-14(19)7-12/h2-7,9H,8H2,1H3,(H,20,22,23). The number of carbonyl (C=O) groups is 1. The van der Waals surface area contributed by atoms with Gasteiger partial charge < -0.3 is 5.32 Å². The number of anilines is 1. The number of aromatic nitrogens is 2. The Bertz CT molecular complexity index is 875. The van der Waals surface area contributed by atoms with Crippen molar-refractivity contribution in [1.82, 2.24) is 10.2 Å². The molecule has 122 valence electrons. The molecule has 0 radical (unpaired) electrons. The Labute approximate surface area is 153 Å². The van der Waals surface area contributed by atoms with Gasteiger partial charge in [-0.3, -0.25) is 4.79 Å². The van der Waals surface area contributed by atoms with Crippen molar-refractivity contribution in [1.29, 1.82) is 0 Å². The van der Waals surface area contributed by atoms with Crippen LogP contribution in [0.3, 0.4) is 0 Å². The first-order valence-corrected chi connectivity index (χ1v) is 8.73. The average Bonchev–Trinajstić information content (AvgIpc) is 2.97. The normalized spacial score (nSPS) is 10.6. The van der Waals surface area contributed by atoms with Crippen LogP contribution < -0.4 is 5.32 Å². The van der Waals surface area contributed by atoms with Crippen molar-refractivity contribution in [3.05, 3.63) is 63.6 Å². The lowest BCUT2D eigenvalue weighted by Crippen LogP contribution is -2.14. The molecule has 0 unspecified atom stereocenters. The van der Waals surface area contributed by atoms with Crippen LogP contribution in [0.1, 0.15) is 11.1 Å². The summed E-state index contributed by atoms with van der Waals surface area (Å²) in [6.45, 7) is 1.98. The van der Waals surface area contributed by atoms with E-state index in [1.54, 1.807) is 18.2 Å². The summed E-state index contributed by atoms with van der Waals surface area (Å²) in [6, 6.07) is 13.0. The summed E-state index contributed by atoms with van der Waals surface area (Å²) in [5, 5.41) is 13.0. The van der Waals surface area contributed by atoms with Gasteiger partial charge in [0.25, 0.3) is 0 Å². The minimum absolute atomic E-state index is 0.129. The molecule has 0 bridgehead atoms. The smallest absolute Gasteiger partial charge is 0.230 e. The van der Waals surface area contributed by atoms with E-state index < -0.39 is 0 Å².